The highest BCUT2D eigenvalue weighted by Crippen LogP contribution is 2.21. The fourth-order valence-electron chi connectivity index (χ4n) is 1.84. The van der Waals surface area contributed by atoms with Crippen LogP contribution in [0.3, 0.4) is 0 Å². The van der Waals surface area contributed by atoms with E-state index in [1.165, 1.54) is 0 Å². The molecular formula is C14H13N5O2. The zero-order chi connectivity index (χ0) is 14.8. The predicted molar refractivity (Wildman–Crippen MR) is 75.6 cm³/mol. The molecule has 21 heavy (non-hydrogen) atoms. The van der Waals surface area contributed by atoms with Gasteiger partial charge in [-0.25, -0.2) is 0 Å². The van der Waals surface area contributed by atoms with E-state index in [1.54, 1.807) is 36.3 Å². The number of aromatic nitrogens is 4. The summed E-state index contributed by atoms with van der Waals surface area (Å²) in [6, 6.07) is 6.98. The van der Waals surface area contributed by atoms with Gasteiger partial charge in [-0.2, -0.15) is 5.10 Å². The SMILES string of the molecule is Cc1cc(C(=O)Nc2cc(-c3ccncc3)no2)nn1C. The van der Waals surface area contributed by atoms with E-state index >= 15 is 0 Å². The summed E-state index contributed by atoms with van der Waals surface area (Å²) < 4.78 is 6.75. The molecule has 0 aliphatic rings. The summed E-state index contributed by atoms with van der Waals surface area (Å²) in [4.78, 5) is 16.0. The fraction of sp³-hybridized carbons (Fsp3) is 0.143. The van der Waals surface area contributed by atoms with Crippen LogP contribution in [0.15, 0.2) is 41.2 Å². The third kappa shape index (κ3) is 2.66. The lowest BCUT2D eigenvalue weighted by Gasteiger charge is -1.96. The summed E-state index contributed by atoms with van der Waals surface area (Å²) in [5.74, 6) is -0.0637. The Kier molecular flexibility index (Phi) is 3.23. The number of carbonyl (C=O) groups excluding carboxylic acids is 1. The van der Waals surface area contributed by atoms with E-state index in [1.807, 2.05) is 19.1 Å². The molecule has 7 heteroatoms. The highest BCUT2D eigenvalue weighted by Gasteiger charge is 2.14. The number of anilines is 1. The van der Waals surface area contributed by atoms with Crippen LogP contribution in [0.1, 0.15) is 16.2 Å². The Morgan fingerprint density at radius 1 is 1.29 bits per heavy atom. The van der Waals surface area contributed by atoms with Crippen LogP contribution in [0.5, 0.6) is 0 Å². The Morgan fingerprint density at radius 3 is 2.71 bits per heavy atom. The molecule has 0 fully saturated rings. The first-order valence-corrected chi connectivity index (χ1v) is 6.32. The zero-order valence-electron chi connectivity index (χ0n) is 11.6. The summed E-state index contributed by atoms with van der Waals surface area (Å²) >= 11 is 0. The molecule has 0 spiro atoms. The molecule has 3 rings (SSSR count). The first kappa shape index (κ1) is 13.0. The van der Waals surface area contributed by atoms with Gasteiger partial charge in [-0.05, 0) is 25.1 Å². The quantitative estimate of drug-likeness (QED) is 0.794. The molecule has 1 amide bonds. The maximum Gasteiger partial charge on any atom is 0.278 e. The summed E-state index contributed by atoms with van der Waals surface area (Å²) in [6.45, 7) is 1.87. The summed E-state index contributed by atoms with van der Waals surface area (Å²) in [5.41, 5.74) is 2.72. The number of rotatable bonds is 3. The third-order valence-corrected chi connectivity index (χ3v) is 3.07. The fourth-order valence-corrected chi connectivity index (χ4v) is 1.84. The summed E-state index contributed by atoms with van der Waals surface area (Å²) in [5, 5.41) is 10.6. The van der Waals surface area contributed by atoms with Gasteiger partial charge in [-0.1, -0.05) is 5.16 Å². The topological polar surface area (TPSA) is 85.8 Å². The van der Waals surface area contributed by atoms with Crippen molar-refractivity contribution < 1.29 is 9.32 Å². The van der Waals surface area contributed by atoms with Crippen molar-refractivity contribution in [2.45, 2.75) is 6.92 Å². The molecule has 0 saturated carbocycles. The summed E-state index contributed by atoms with van der Waals surface area (Å²) in [6.07, 6.45) is 3.33. The lowest BCUT2D eigenvalue weighted by molar-refractivity contribution is 0.101. The zero-order valence-corrected chi connectivity index (χ0v) is 11.6. The molecule has 0 saturated heterocycles. The minimum atomic E-state index is -0.337. The van der Waals surface area contributed by atoms with Crippen molar-refractivity contribution in [2.24, 2.45) is 7.05 Å². The van der Waals surface area contributed by atoms with Crippen molar-refractivity contribution in [1.29, 1.82) is 0 Å². The Balaban J connectivity index is 1.77. The minimum Gasteiger partial charge on any atom is -0.338 e. The number of hydrogen-bond acceptors (Lipinski definition) is 5. The number of hydrogen-bond donors (Lipinski definition) is 1. The van der Waals surface area contributed by atoms with Gasteiger partial charge in [0.25, 0.3) is 5.91 Å². The number of aryl methyl sites for hydroxylation is 2. The van der Waals surface area contributed by atoms with E-state index in [9.17, 15) is 4.79 Å². The van der Waals surface area contributed by atoms with Gasteiger partial charge in [0.15, 0.2) is 5.69 Å². The Hall–Kier alpha value is -2.96. The van der Waals surface area contributed by atoms with E-state index in [4.69, 9.17) is 4.52 Å². The Morgan fingerprint density at radius 2 is 2.05 bits per heavy atom. The molecule has 0 unspecified atom stereocenters. The lowest BCUT2D eigenvalue weighted by Crippen LogP contribution is -2.12. The van der Waals surface area contributed by atoms with Gasteiger partial charge in [0.1, 0.15) is 5.69 Å². The second-order valence-electron chi connectivity index (χ2n) is 4.56. The number of pyridine rings is 1. The molecule has 0 radical (unpaired) electrons. The highest BCUT2D eigenvalue weighted by atomic mass is 16.5. The van der Waals surface area contributed by atoms with Crippen LogP contribution in [0.4, 0.5) is 5.88 Å². The third-order valence-electron chi connectivity index (χ3n) is 3.07. The normalized spacial score (nSPS) is 10.6. The standard InChI is InChI=1S/C14H13N5O2/c1-9-7-12(17-19(9)2)14(20)16-13-8-11(18-21-13)10-3-5-15-6-4-10/h3-8H,1-2H3,(H,16,20). The average Bonchev–Trinajstić information content (AvgIpc) is 3.08. The van der Waals surface area contributed by atoms with Gasteiger partial charge in [0.05, 0.1) is 0 Å². The Bertz CT molecular complexity index is 756. The molecule has 1 N–H and O–H groups in total. The van der Waals surface area contributed by atoms with E-state index < -0.39 is 0 Å². The predicted octanol–water partition coefficient (Wildman–Crippen LogP) is 2.03. The number of amides is 1. The van der Waals surface area contributed by atoms with Crippen LogP contribution in [0.25, 0.3) is 11.3 Å². The molecule has 106 valence electrons. The lowest BCUT2D eigenvalue weighted by atomic mass is 10.2. The molecule has 0 bridgehead atoms. The minimum absolute atomic E-state index is 0.273. The van der Waals surface area contributed by atoms with Crippen molar-refractivity contribution in [1.82, 2.24) is 19.9 Å². The first-order valence-electron chi connectivity index (χ1n) is 6.32. The second kappa shape index (κ2) is 5.20. The van der Waals surface area contributed by atoms with E-state index in [2.05, 4.69) is 20.6 Å². The second-order valence-corrected chi connectivity index (χ2v) is 4.56. The van der Waals surface area contributed by atoms with Crippen molar-refractivity contribution in [2.75, 3.05) is 5.32 Å². The van der Waals surface area contributed by atoms with Crippen molar-refractivity contribution >= 4 is 11.8 Å². The number of carbonyl (C=O) groups is 1. The molecule has 3 heterocycles. The highest BCUT2D eigenvalue weighted by molar-refractivity contribution is 6.02. The molecule has 0 atom stereocenters. The van der Waals surface area contributed by atoms with E-state index in [0.717, 1.165) is 11.3 Å². The van der Waals surface area contributed by atoms with Crippen molar-refractivity contribution in [3.8, 4) is 11.3 Å². The monoisotopic (exact) mass is 283 g/mol. The van der Waals surface area contributed by atoms with Crippen LogP contribution < -0.4 is 5.32 Å². The number of nitrogens with zero attached hydrogens (tertiary/aromatic N) is 4. The average molecular weight is 283 g/mol. The van der Waals surface area contributed by atoms with Crippen LogP contribution in [0, 0.1) is 6.92 Å². The molecule has 3 aromatic rings. The largest absolute Gasteiger partial charge is 0.338 e. The van der Waals surface area contributed by atoms with Crippen LogP contribution in [-0.2, 0) is 7.05 Å². The van der Waals surface area contributed by atoms with Crippen molar-refractivity contribution in [3.05, 3.63) is 48.0 Å². The van der Waals surface area contributed by atoms with Gasteiger partial charge in [-0.3, -0.25) is 19.8 Å². The summed E-state index contributed by atoms with van der Waals surface area (Å²) in [7, 11) is 1.78. The maximum absolute atomic E-state index is 12.0. The smallest absolute Gasteiger partial charge is 0.278 e. The van der Waals surface area contributed by atoms with E-state index in [-0.39, 0.29) is 11.8 Å². The van der Waals surface area contributed by atoms with Gasteiger partial charge in [-0.15, -0.1) is 0 Å². The first-order chi connectivity index (χ1) is 10.1. The van der Waals surface area contributed by atoms with Crippen LogP contribution in [0.2, 0.25) is 0 Å². The van der Waals surface area contributed by atoms with Crippen molar-refractivity contribution in [3.63, 3.8) is 0 Å². The van der Waals surface area contributed by atoms with E-state index in [0.29, 0.717) is 11.4 Å². The van der Waals surface area contributed by atoms with Gasteiger partial charge >= 0.3 is 0 Å². The molecule has 0 aliphatic heterocycles. The van der Waals surface area contributed by atoms with Gasteiger partial charge < -0.3 is 4.52 Å². The molecule has 7 nitrogen and oxygen atoms in total. The van der Waals surface area contributed by atoms with Gasteiger partial charge in [0.2, 0.25) is 5.88 Å². The molecular weight excluding hydrogens is 270 g/mol. The Labute approximate surface area is 120 Å². The van der Waals surface area contributed by atoms with Crippen LogP contribution >= 0.6 is 0 Å². The molecule has 0 aliphatic carbocycles. The molecule has 0 aromatic carbocycles. The molecule has 3 aromatic heterocycles. The van der Waals surface area contributed by atoms with Gasteiger partial charge in [0, 0.05) is 36.8 Å². The van der Waals surface area contributed by atoms with Crippen LogP contribution in [-0.4, -0.2) is 25.8 Å². The number of nitrogens with one attached hydrogen (secondary N) is 1. The maximum atomic E-state index is 12.0.